The van der Waals surface area contributed by atoms with E-state index in [0.29, 0.717) is 17.8 Å². The Labute approximate surface area is 114 Å². The molecular weight excluding hydrogens is 262 g/mol. The first-order chi connectivity index (χ1) is 9.09. The van der Waals surface area contributed by atoms with Crippen LogP contribution in [0, 0.1) is 17.8 Å². The minimum Gasteiger partial charge on any atom is -0.298 e. The first kappa shape index (κ1) is 13.1. The fraction of sp³-hybridized carbons (Fsp3) is 0.571. The maximum Gasteiger partial charge on any atom is 0.267 e. The number of likely N-dealkylation sites (tertiary alicyclic amines) is 1. The number of hydrogen-bond acceptors (Lipinski definition) is 4. The molecule has 1 aromatic rings. The second kappa shape index (κ2) is 4.89. The number of rotatable bonds is 5. The topological polar surface area (TPSA) is 46.6 Å². The summed E-state index contributed by atoms with van der Waals surface area (Å²) in [5, 5.41) is 0. The molecule has 2 aliphatic rings. The van der Waals surface area contributed by atoms with Gasteiger partial charge in [-0.3, -0.25) is 9.08 Å². The highest BCUT2D eigenvalue weighted by molar-refractivity contribution is 7.86. The maximum absolute atomic E-state index is 11.4. The van der Waals surface area contributed by atoms with E-state index in [1.165, 1.54) is 12.7 Å². The van der Waals surface area contributed by atoms with Gasteiger partial charge in [0.05, 0.1) is 12.9 Å². The van der Waals surface area contributed by atoms with E-state index in [0.717, 1.165) is 19.6 Å². The number of benzene rings is 1. The minimum atomic E-state index is -3.29. The van der Waals surface area contributed by atoms with E-state index in [9.17, 15) is 8.42 Å². The molecule has 104 valence electrons. The molecule has 0 bridgehead atoms. The number of piperidine rings is 1. The van der Waals surface area contributed by atoms with Crippen molar-refractivity contribution in [2.75, 3.05) is 26.0 Å². The predicted molar refractivity (Wildman–Crippen MR) is 73.0 cm³/mol. The lowest BCUT2D eigenvalue weighted by molar-refractivity contribution is 0.280. The molecule has 2 fully saturated rings. The van der Waals surface area contributed by atoms with Crippen LogP contribution in [0.5, 0.6) is 0 Å². The standard InChI is InChI=1S/C14H19NO3S/c1-18-19(16,17)10-14-12-8-15(9-13(12)14)7-11-5-3-2-4-6-11/h2-6,12-14H,7-10H2,1H3. The third-order valence-electron chi connectivity index (χ3n) is 4.35. The molecule has 2 atom stereocenters. The SMILES string of the molecule is COS(=O)(=O)CC1C2CN(Cc3ccccc3)CC21. The van der Waals surface area contributed by atoms with Crippen LogP contribution < -0.4 is 0 Å². The zero-order valence-electron chi connectivity index (χ0n) is 11.0. The Morgan fingerprint density at radius 3 is 2.42 bits per heavy atom. The van der Waals surface area contributed by atoms with Gasteiger partial charge in [-0.15, -0.1) is 0 Å². The fourth-order valence-corrected chi connectivity index (χ4v) is 4.36. The van der Waals surface area contributed by atoms with Crippen molar-refractivity contribution in [3.8, 4) is 0 Å². The van der Waals surface area contributed by atoms with E-state index in [2.05, 4.69) is 33.3 Å². The van der Waals surface area contributed by atoms with Crippen molar-refractivity contribution in [3.63, 3.8) is 0 Å². The minimum absolute atomic E-state index is 0.192. The fourth-order valence-electron chi connectivity index (χ4n) is 3.26. The van der Waals surface area contributed by atoms with Crippen molar-refractivity contribution >= 4 is 10.1 Å². The molecule has 0 aromatic heterocycles. The van der Waals surface area contributed by atoms with Gasteiger partial charge in [-0.1, -0.05) is 30.3 Å². The molecule has 0 radical (unpaired) electrons. The van der Waals surface area contributed by atoms with E-state index < -0.39 is 10.1 Å². The highest BCUT2D eigenvalue weighted by atomic mass is 32.2. The van der Waals surface area contributed by atoms with Crippen molar-refractivity contribution in [1.82, 2.24) is 4.90 Å². The molecule has 3 rings (SSSR count). The Balaban J connectivity index is 1.51. The molecule has 1 aliphatic carbocycles. The summed E-state index contributed by atoms with van der Waals surface area (Å²) in [5.74, 6) is 1.61. The van der Waals surface area contributed by atoms with Crippen LogP contribution in [-0.2, 0) is 20.8 Å². The first-order valence-corrected chi connectivity index (χ1v) is 8.21. The molecule has 4 nitrogen and oxygen atoms in total. The zero-order valence-corrected chi connectivity index (χ0v) is 11.8. The molecule has 1 heterocycles. The Hall–Kier alpha value is -0.910. The van der Waals surface area contributed by atoms with Gasteiger partial charge in [0.15, 0.2) is 0 Å². The Morgan fingerprint density at radius 2 is 1.84 bits per heavy atom. The van der Waals surface area contributed by atoms with Crippen LogP contribution in [0.2, 0.25) is 0 Å². The van der Waals surface area contributed by atoms with Crippen LogP contribution >= 0.6 is 0 Å². The smallest absolute Gasteiger partial charge is 0.267 e. The largest absolute Gasteiger partial charge is 0.298 e. The van der Waals surface area contributed by atoms with Crippen molar-refractivity contribution in [2.45, 2.75) is 6.54 Å². The van der Waals surface area contributed by atoms with Gasteiger partial charge in [-0.25, -0.2) is 0 Å². The summed E-state index contributed by atoms with van der Waals surface area (Å²) in [6.07, 6.45) is 0. The van der Waals surface area contributed by atoms with Gasteiger partial charge in [-0.2, -0.15) is 8.42 Å². The lowest BCUT2D eigenvalue weighted by Gasteiger charge is -2.19. The lowest BCUT2D eigenvalue weighted by Crippen LogP contribution is -2.26. The van der Waals surface area contributed by atoms with E-state index in [1.807, 2.05) is 6.07 Å². The number of nitrogens with zero attached hydrogens (tertiary/aromatic N) is 1. The third-order valence-corrected chi connectivity index (χ3v) is 5.65. The normalized spacial score (nSPS) is 30.3. The summed E-state index contributed by atoms with van der Waals surface area (Å²) < 4.78 is 27.4. The van der Waals surface area contributed by atoms with Crippen LogP contribution in [0.4, 0.5) is 0 Å². The van der Waals surface area contributed by atoms with E-state index in [-0.39, 0.29) is 5.75 Å². The summed E-state index contributed by atoms with van der Waals surface area (Å²) in [7, 11) is -2.05. The van der Waals surface area contributed by atoms with Crippen LogP contribution in [0.3, 0.4) is 0 Å². The molecule has 5 heteroatoms. The van der Waals surface area contributed by atoms with Crippen LogP contribution in [0.25, 0.3) is 0 Å². The van der Waals surface area contributed by atoms with Gasteiger partial charge in [-0.05, 0) is 23.3 Å². The predicted octanol–water partition coefficient (Wildman–Crippen LogP) is 1.34. The quantitative estimate of drug-likeness (QED) is 0.764. The Morgan fingerprint density at radius 1 is 1.21 bits per heavy atom. The van der Waals surface area contributed by atoms with Gasteiger partial charge >= 0.3 is 0 Å². The Bertz CT molecular complexity index is 531. The average molecular weight is 281 g/mol. The Kier molecular flexibility index (Phi) is 3.37. The molecule has 19 heavy (non-hydrogen) atoms. The number of hydrogen-bond donors (Lipinski definition) is 0. The monoisotopic (exact) mass is 281 g/mol. The highest BCUT2D eigenvalue weighted by Gasteiger charge is 2.56. The summed E-state index contributed by atoms with van der Waals surface area (Å²) in [6.45, 7) is 3.00. The second-order valence-corrected chi connectivity index (χ2v) is 7.34. The summed E-state index contributed by atoms with van der Waals surface area (Å²) in [6, 6.07) is 10.4. The molecule has 0 amide bonds. The van der Waals surface area contributed by atoms with Crippen molar-refractivity contribution in [1.29, 1.82) is 0 Å². The van der Waals surface area contributed by atoms with Crippen LogP contribution in [-0.4, -0.2) is 39.3 Å². The summed E-state index contributed by atoms with van der Waals surface area (Å²) >= 11 is 0. The first-order valence-electron chi connectivity index (χ1n) is 6.63. The molecule has 1 saturated carbocycles. The van der Waals surface area contributed by atoms with Crippen LogP contribution in [0.1, 0.15) is 5.56 Å². The summed E-state index contributed by atoms with van der Waals surface area (Å²) in [4.78, 5) is 2.42. The zero-order chi connectivity index (χ0) is 13.5. The van der Waals surface area contributed by atoms with Crippen molar-refractivity contribution in [2.24, 2.45) is 17.8 Å². The maximum atomic E-state index is 11.4. The number of fused-ring (bicyclic) bond motifs is 1. The molecular formula is C14H19NO3S. The van der Waals surface area contributed by atoms with Gasteiger partial charge in [0.25, 0.3) is 10.1 Å². The molecule has 1 aliphatic heterocycles. The van der Waals surface area contributed by atoms with Gasteiger partial charge in [0, 0.05) is 19.6 Å². The van der Waals surface area contributed by atoms with Crippen LogP contribution in [0.15, 0.2) is 30.3 Å². The molecule has 0 N–H and O–H groups in total. The molecule has 0 spiro atoms. The summed E-state index contributed by atoms with van der Waals surface area (Å²) in [5.41, 5.74) is 1.32. The van der Waals surface area contributed by atoms with Gasteiger partial charge in [0.2, 0.25) is 0 Å². The second-order valence-electron chi connectivity index (χ2n) is 5.56. The van der Waals surface area contributed by atoms with E-state index in [4.69, 9.17) is 0 Å². The van der Waals surface area contributed by atoms with E-state index >= 15 is 0 Å². The van der Waals surface area contributed by atoms with Crippen molar-refractivity contribution in [3.05, 3.63) is 35.9 Å². The highest BCUT2D eigenvalue weighted by Crippen LogP contribution is 2.52. The van der Waals surface area contributed by atoms with E-state index in [1.54, 1.807) is 0 Å². The molecule has 2 unspecified atom stereocenters. The average Bonchev–Trinajstić information content (AvgIpc) is 2.85. The molecule has 1 saturated heterocycles. The van der Waals surface area contributed by atoms with Gasteiger partial charge in [0.1, 0.15) is 0 Å². The van der Waals surface area contributed by atoms with Crippen molar-refractivity contribution < 1.29 is 12.6 Å². The molecule has 1 aromatic carbocycles. The van der Waals surface area contributed by atoms with Gasteiger partial charge < -0.3 is 0 Å². The lowest BCUT2D eigenvalue weighted by atomic mass is 10.2. The third kappa shape index (κ3) is 2.83.